The highest BCUT2D eigenvalue weighted by Gasteiger charge is 2.28. The third-order valence-corrected chi connectivity index (χ3v) is 2.61. The highest BCUT2D eigenvalue weighted by Crippen LogP contribution is 2.35. The Morgan fingerprint density at radius 2 is 2.25 bits per heavy atom. The molecular formula is C10H14O2. The van der Waals surface area contributed by atoms with Crippen LogP contribution in [-0.4, -0.2) is 11.2 Å². The molecule has 2 heteroatoms. The maximum atomic E-state index is 9.59. The minimum Gasteiger partial charge on any atom is -0.466 e. The fourth-order valence-electron chi connectivity index (χ4n) is 1.93. The van der Waals surface area contributed by atoms with E-state index >= 15 is 0 Å². The summed E-state index contributed by atoms with van der Waals surface area (Å²) < 4.78 is 5.48. The monoisotopic (exact) mass is 166 g/mol. The Hall–Kier alpha value is -0.760. The van der Waals surface area contributed by atoms with Crippen LogP contribution in [0.4, 0.5) is 0 Å². The van der Waals surface area contributed by atoms with Crippen LogP contribution >= 0.6 is 0 Å². The Bertz CT molecular complexity index is 265. The molecule has 2 rings (SSSR count). The standard InChI is InChI=1S/C10H14O2/c1-7-5-6-10(12-7)8-3-2-4-9(8)11/h5-6,8-9,11H,2-4H2,1H3/t8-,9-/m1/s1. The molecule has 0 aromatic carbocycles. The highest BCUT2D eigenvalue weighted by atomic mass is 16.3. The molecule has 1 aromatic heterocycles. The summed E-state index contributed by atoms with van der Waals surface area (Å²) in [5.41, 5.74) is 0. The van der Waals surface area contributed by atoms with Gasteiger partial charge in [0.15, 0.2) is 0 Å². The molecule has 0 amide bonds. The van der Waals surface area contributed by atoms with Crippen LogP contribution in [0.3, 0.4) is 0 Å². The van der Waals surface area contributed by atoms with Gasteiger partial charge in [0.2, 0.25) is 0 Å². The van der Waals surface area contributed by atoms with Gasteiger partial charge in [0, 0.05) is 5.92 Å². The summed E-state index contributed by atoms with van der Waals surface area (Å²) in [5.74, 6) is 2.14. The van der Waals surface area contributed by atoms with Crippen molar-refractivity contribution < 1.29 is 9.52 Å². The van der Waals surface area contributed by atoms with Crippen molar-refractivity contribution in [1.29, 1.82) is 0 Å². The summed E-state index contributed by atoms with van der Waals surface area (Å²) in [6, 6.07) is 3.94. The molecule has 0 bridgehead atoms. The highest BCUT2D eigenvalue weighted by molar-refractivity contribution is 5.13. The van der Waals surface area contributed by atoms with Gasteiger partial charge in [-0.1, -0.05) is 6.42 Å². The van der Waals surface area contributed by atoms with Gasteiger partial charge in [-0.15, -0.1) is 0 Å². The van der Waals surface area contributed by atoms with Crippen LogP contribution in [0.15, 0.2) is 16.5 Å². The molecule has 1 heterocycles. The third-order valence-electron chi connectivity index (χ3n) is 2.61. The second kappa shape index (κ2) is 2.94. The lowest BCUT2D eigenvalue weighted by molar-refractivity contribution is 0.154. The first kappa shape index (κ1) is 7.87. The summed E-state index contributed by atoms with van der Waals surface area (Å²) in [6.07, 6.45) is 2.92. The zero-order valence-electron chi connectivity index (χ0n) is 7.29. The van der Waals surface area contributed by atoms with Gasteiger partial charge in [-0.3, -0.25) is 0 Å². The molecule has 12 heavy (non-hydrogen) atoms. The van der Waals surface area contributed by atoms with Crippen LogP contribution in [-0.2, 0) is 0 Å². The Morgan fingerprint density at radius 1 is 1.42 bits per heavy atom. The minimum absolute atomic E-state index is 0.185. The van der Waals surface area contributed by atoms with Gasteiger partial charge in [0.1, 0.15) is 11.5 Å². The van der Waals surface area contributed by atoms with E-state index in [-0.39, 0.29) is 12.0 Å². The molecule has 2 atom stereocenters. The van der Waals surface area contributed by atoms with Crippen molar-refractivity contribution in [2.75, 3.05) is 0 Å². The van der Waals surface area contributed by atoms with Crippen molar-refractivity contribution in [3.63, 3.8) is 0 Å². The fourth-order valence-corrected chi connectivity index (χ4v) is 1.93. The van der Waals surface area contributed by atoms with E-state index in [1.807, 2.05) is 19.1 Å². The molecule has 1 aliphatic rings. The van der Waals surface area contributed by atoms with Gasteiger partial charge in [0.05, 0.1) is 6.10 Å². The Kier molecular flexibility index (Phi) is 1.93. The number of hydrogen-bond acceptors (Lipinski definition) is 2. The average molecular weight is 166 g/mol. The smallest absolute Gasteiger partial charge is 0.109 e. The van der Waals surface area contributed by atoms with Gasteiger partial charge in [-0.05, 0) is 31.9 Å². The Balaban J connectivity index is 2.19. The molecule has 0 spiro atoms. The van der Waals surface area contributed by atoms with E-state index in [1.165, 1.54) is 0 Å². The third kappa shape index (κ3) is 1.27. The number of furan rings is 1. The quantitative estimate of drug-likeness (QED) is 0.694. The molecule has 0 saturated heterocycles. The zero-order chi connectivity index (χ0) is 8.55. The molecule has 2 nitrogen and oxygen atoms in total. The molecule has 0 aliphatic heterocycles. The topological polar surface area (TPSA) is 33.4 Å². The van der Waals surface area contributed by atoms with Gasteiger partial charge in [-0.2, -0.15) is 0 Å². The molecule has 1 aromatic rings. The largest absolute Gasteiger partial charge is 0.466 e. The normalized spacial score (nSPS) is 29.5. The van der Waals surface area contributed by atoms with Gasteiger partial charge in [0.25, 0.3) is 0 Å². The van der Waals surface area contributed by atoms with Crippen molar-refractivity contribution in [2.45, 2.75) is 38.2 Å². The lowest BCUT2D eigenvalue weighted by Gasteiger charge is -2.10. The van der Waals surface area contributed by atoms with E-state index in [0.717, 1.165) is 30.8 Å². The molecule has 1 saturated carbocycles. The lowest BCUT2D eigenvalue weighted by atomic mass is 10.0. The molecule has 66 valence electrons. The van der Waals surface area contributed by atoms with Gasteiger partial charge < -0.3 is 9.52 Å². The summed E-state index contributed by atoms with van der Waals surface area (Å²) in [4.78, 5) is 0. The minimum atomic E-state index is -0.185. The predicted molar refractivity (Wildman–Crippen MR) is 46.0 cm³/mol. The first-order valence-corrected chi connectivity index (χ1v) is 4.52. The lowest BCUT2D eigenvalue weighted by Crippen LogP contribution is -2.09. The van der Waals surface area contributed by atoms with Gasteiger partial charge in [-0.25, -0.2) is 0 Å². The van der Waals surface area contributed by atoms with Crippen LogP contribution in [0.1, 0.15) is 36.7 Å². The molecule has 1 aliphatic carbocycles. The van der Waals surface area contributed by atoms with E-state index in [1.54, 1.807) is 0 Å². The summed E-state index contributed by atoms with van der Waals surface area (Å²) in [7, 11) is 0. The number of hydrogen-bond donors (Lipinski definition) is 1. The average Bonchev–Trinajstić information content (AvgIpc) is 2.58. The van der Waals surface area contributed by atoms with Gasteiger partial charge >= 0.3 is 0 Å². The SMILES string of the molecule is Cc1ccc([C@@H]2CCC[C@H]2O)o1. The summed E-state index contributed by atoms with van der Waals surface area (Å²) in [6.45, 7) is 1.94. The van der Waals surface area contributed by atoms with Crippen LogP contribution in [0.5, 0.6) is 0 Å². The first-order chi connectivity index (χ1) is 5.77. The van der Waals surface area contributed by atoms with Crippen LogP contribution in [0.2, 0.25) is 0 Å². The summed E-state index contributed by atoms with van der Waals surface area (Å²) in [5, 5.41) is 9.59. The number of aliphatic hydroxyl groups is 1. The van der Waals surface area contributed by atoms with Crippen LogP contribution in [0, 0.1) is 6.92 Å². The van der Waals surface area contributed by atoms with E-state index in [4.69, 9.17) is 4.42 Å². The number of aliphatic hydroxyl groups excluding tert-OH is 1. The molecular weight excluding hydrogens is 152 g/mol. The Morgan fingerprint density at radius 3 is 2.75 bits per heavy atom. The predicted octanol–water partition coefficient (Wildman–Crippen LogP) is 2.22. The molecule has 1 N–H and O–H groups in total. The van der Waals surface area contributed by atoms with Crippen molar-refractivity contribution >= 4 is 0 Å². The number of rotatable bonds is 1. The van der Waals surface area contributed by atoms with E-state index < -0.39 is 0 Å². The van der Waals surface area contributed by atoms with Crippen molar-refractivity contribution in [3.8, 4) is 0 Å². The maximum absolute atomic E-state index is 9.59. The molecule has 1 fully saturated rings. The van der Waals surface area contributed by atoms with Crippen molar-refractivity contribution in [3.05, 3.63) is 23.7 Å². The molecule has 0 unspecified atom stereocenters. The zero-order valence-corrected chi connectivity index (χ0v) is 7.29. The maximum Gasteiger partial charge on any atom is 0.109 e. The fraction of sp³-hybridized carbons (Fsp3) is 0.600. The van der Waals surface area contributed by atoms with Crippen molar-refractivity contribution in [1.82, 2.24) is 0 Å². The van der Waals surface area contributed by atoms with Crippen molar-refractivity contribution in [2.24, 2.45) is 0 Å². The first-order valence-electron chi connectivity index (χ1n) is 4.52. The van der Waals surface area contributed by atoms with E-state index in [9.17, 15) is 5.11 Å². The van der Waals surface area contributed by atoms with E-state index in [2.05, 4.69) is 0 Å². The second-order valence-electron chi connectivity index (χ2n) is 3.55. The number of aryl methyl sites for hydroxylation is 1. The summed E-state index contributed by atoms with van der Waals surface area (Å²) >= 11 is 0. The van der Waals surface area contributed by atoms with Crippen LogP contribution < -0.4 is 0 Å². The van der Waals surface area contributed by atoms with Crippen LogP contribution in [0.25, 0.3) is 0 Å². The Labute approximate surface area is 72.2 Å². The molecule has 0 radical (unpaired) electrons. The van der Waals surface area contributed by atoms with E-state index in [0.29, 0.717) is 0 Å². The second-order valence-corrected chi connectivity index (χ2v) is 3.55.